The zero-order valence-electron chi connectivity index (χ0n) is 24.4. The van der Waals surface area contributed by atoms with Crippen LogP contribution in [-0.4, -0.2) is 47.0 Å². The molecule has 3 N–H and O–H groups in total. The first-order chi connectivity index (χ1) is 21.9. The number of alkyl halides is 1. The number of anilines is 2. The van der Waals surface area contributed by atoms with Crippen molar-refractivity contribution in [1.29, 1.82) is 0 Å². The molecule has 0 saturated heterocycles. The fraction of sp³-hybridized carbons (Fsp3) is 0.171. The summed E-state index contributed by atoms with van der Waals surface area (Å²) in [7, 11) is 0. The number of amides is 2. The van der Waals surface area contributed by atoms with E-state index in [-0.39, 0.29) is 24.3 Å². The summed E-state index contributed by atoms with van der Waals surface area (Å²) in [5, 5.41) is 6.26. The SMILES string of the molecule is CCCOC(=O)Oc1cc2c(c3ccccc13)C(CCl)CN2C(=O)c1cc2cc(NC(=O)c3cc4ccccc4[nH]3)ccc2[nH]1. The molecule has 0 aliphatic carbocycles. The van der Waals surface area contributed by atoms with Crippen LogP contribution in [0.4, 0.5) is 16.2 Å². The minimum atomic E-state index is -0.797. The van der Waals surface area contributed by atoms with Crippen LogP contribution in [0.1, 0.15) is 45.8 Å². The van der Waals surface area contributed by atoms with Crippen LogP contribution >= 0.6 is 11.6 Å². The number of benzene rings is 4. The maximum atomic E-state index is 14.0. The first-order valence-electron chi connectivity index (χ1n) is 14.7. The Bertz CT molecular complexity index is 2080. The van der Waals surface area contributed by atoms with Gasteiger partial charge in [-0.1, -0.05) is 49.4 Å². The summed E-state index contributed by atoms with van der Waals surface area (Å²) in [5.74, 6) is -0.00973. The summed E-state index contributed by atoms with van der Waals surface area (Å²) in [6, 6.07) is 26.0. The summed E-state index contributed by atoms with van der Waals surface area (Å²) < 4.78 is 10.8. The van der Waals surface area contributed by atoms with Crippen molar-refractivity contribution in [3.63, 3.8) is 0 Å². The number of halogens is 1. The summed E-state index contributed by atoms with van der Waals surface area (Å²) in [5.41, 5.74) is 4.63. The Labute approximate surface area is 263 Å². The van der Waals surface area contributed by atoms with E-state index in [2.05, 4.69) is 15.3 Å². The highest BCUT2D eigenvalue weighted by atomic mass is 35.5. The lowest BCUT2D eigenvalue weighted by Crippen LogP contribution is -2.30. The number of nitrogens with one attached hydrogen (secondary N) is 3. The molecule has 0 spiro atoms. The average molecular weight is 621 g/mol. The maximum absolute atomic E-state index is 14.0. The van der Waals surface area contributed by atoms with Crippen molar-refractivity contribution in [2.24, 2.45) is 0 Å². The Hall–Kier alpha value is -5.28. The Kier molecular flexibility index (Phi) is 7.39. The number of ether oxygens (including phenoxy) is 2. The lowest BCUT2D eigenvalue weighted by molar-refractivity contribution is 0.0982. The van der Waals surface area contributed by atoms with E-state index < -0.39 is 6.16 Å². The van der Waals surface area contributed by atoms with Crippen LogP contribution in [0.3, 0.4) is 0 Å². The molecule has 1 aliphatic rings. The predicted octanol–water partition coefficient (Wildman–Crippen LogP) is 7.96. The van der Waals surface area contributed by atoms with Gasteiger partial charge in [0, 0.05) is 57.3 Å². The van der Waals surface area contributed by atoms with Gasteiger partial charge in [-0.25, -0.2) is 4.79 Å². The van der Waals surface area contributed by atoms with Crippen molar-refractivity contribution in [2.45, 2.75) is 19.3 Å². The summed E-state index contributed by atoms with van der Waals surface area (Å²) in [6.07, 6.45) is -0.128. The van der Waals surface area contributed by atoms with Crippen molar-refractivity contribution >= 4 is 73.5 Å². The van der Waals surface area contributed by atoms with E-state index >= 15 is 0 Å². The lowest BCUT2D eigenvalue weighted by Gasteiger charge is -2.18. The molecule has 226 valence electrons. The monoisotopic (exact) mass is 620 g/mol. The fourth-order valence-electron chi connectivity index (χ4n) is 5.99. The molecule has 0 bridgehead atoms. The van der Waals surface area contributed by atoms with Gasteiger partial charge in [-0.2, -0.15) is 0 Å². The van der Waals surface area contributed by atoms with Gasteiger partial charge in [0.1, 0.15) is 17.1 Å². The summed E-state index contributed by atoms with van der Waals surface area (Å²) in [6.45, 7) is 2.52. The number of carbonyl (C=O) groups excluding carboxylic acids is 3. The molecule has 1 aliphatic heterocycles. The number of para-hydroxylation sites is 1. The number of carbonyl (C=O) groups is 3. The van der Waals surface area contributed by atoms with Gasteiger partial charge in [-0.05, 0) is 53.8 Å². The van der Waals surface area contributed by atoms with E-state index in [1.807, 2.05) is 73.7 Å². The number of hydrogen-bond donors (Lipinski definition) is 3. The first kappa shape index (κ1) is 28.5. The van der Waals surface area contributed by atoms with Gasteiger partial charge < -0.3 is 29.7 Å². The van der Waals surface area contributed by atoms with Gasteiger partial charge in [0.15, 0.2) is 0 Å². The second-order valence-electron chi connectivity index (χ2n) is 11.0. The molecule has 9 nitrogen and oxygen atoms in total. The van der Waals surface area contributed by atoms with Crippen LogP contribution in [-0.2, 0) is 4.74 Å². The number of H-pyrrole nitrogens is 2. The molecule has 2 amide bonds. The van der Waals surface area contributed by atoms with Crippen LogP contribution < -0.4 is 15.0 Å². The van der Waals surface area contributed by atoms with Crippen LogP contribution in [0.15, 0.2) is 84.9 Å². The molecule has 3 heterocycles. The zero-order valence-corrected chi connectivity index (χ0v) is 25.1. The minimum absolute atomic E-state index is 0.118. The van der Waals surface area contributed by atoms with E-state index in [0.29, 0.717) is 47.4 Å². The molecule has 0 saturated carbocycles. The van der Waals surface area contributed by atoms with Crippen molar-refractivity contribution in [3.05, 3.63) is 102 Å². The third-order valence-corrected chi connectivity index (χ3v) is 8.43. The molecule has 1 atom stereocenters. The molecule has 0 fully saturated rings. The molecular formula is C35H29ClN4O5. The summed E-state index contributed by atoms with van der Waals surface area (Å²) >= 11 is 6.44. The Morgan fingerprint density at radius 3 is 2.42 bits per heavy atom. The molecule has 6 aromatic rings. The van der Waals surface area contributed by atoms with E-state index in [1.165, 1.54) is 0 Å². The molecule has 1 unspecified atom stereocenters. The van der Waals surface area contributed by atoms with Crippen LogP contribution in [0.2, 0.25) is 0 Å². The normalized spacial score (nSPS) is 14.2. The third-order valence-electron chi connectivity index (χ3n) is 8.06. The van der Waals surface area contributed by atoms with Gasteiger partial charge in [0.25, 0.3) is 11.8 Å². The van der Waals surface area contributed by atoms with Crippen molar-refractivity contribution in [2.75, 3.05) is 29.2 Å². The van der Waals surface area contributed by atoms with E-state index in [9.17, 15) is 14.4 Å². The largest absolute Gasteiger partial charge is 0.513 e. The molecule has 10 heteroatoms. The fourth-order valence-corrected chi connectivity index (χ4v) is 6.24. The molecule has 0 radical (unpaired) electrons. The van der Waals surface area contributed by atoms with Gasteiger partial charge >= 0.3 is 6.16 Å². The number of rotatable bonds is 7. The second kappa shape index (κ2) is 11.7. The topological polar surface area (TPSA) is 117 Å². The zero-order chi connectivity index (χ0) is 31.1. The van der Waals surface area contributed by atoms with Crippen molar-refractivity contribution in [3.8, 4) is 5.75 Å². The molecule has 7 rings (SSSR count). The molecule has 45 heavy (non-hydrogen) atoms. The minimum Gasteiger partial charge on any atom is -0.434 e. The summed E-state index contributed by atoms with van der Waals surface area (Å²) in [4.78, 5) is 47.4. The number of nitrogens with zero attached hydrogens (tertiary/aromatic N) is 1. The van der Waals surface area contributed by atoms with Crippen LogP contribution in [0, 0.1) is 0 Å². The maximum Gasteiger partial charge on any atom is 0.513 e. The smallest absolute Gasteiger partial charge is 0.434 e. The van der Waals surface area contributed by atoms with Gasteiger partial charge in [-0.15, -0.1) is 11.6 Å². The number of aromatic nitrogens is 2. The number of fused-ring (bicyclic) bond motifs is 5. The highest BCUT2D eigenvalue weighted by Crippen LogP contribution is 2.46. The van der Waals surface area contributed by atoms with E-state index in [0.717, 1.165) is 38.1 Å². The van der Waals surface area contributed by atoms with Gasteiger partial charge in [-0.3, -0.25) is 9.59 Å². The van der Waals surface area contributed by atoms with E-state index in [4.69, 9.17) is 21.1 Å². The highest BCUT2D eigenvalue weighted by molar-refractivity contribution is 6.19. The van der Waals surface area contributed by atoms with Gasteiger partial charge in [0.05, 0.1) is 12.3 Å². The van der Waals surface area contributed by atoms with Crippen molar-refractivity contribution < 1.29 is 23.9 Å². The Balaban J connectivity index is 1.18. The lowest BCUT2D eigenvalue weighted by atomic mass is 9.95. The van der Waals surface area contributed by atoms with Gasteiger partial charge in [0.2, 0.25) is 0 Å². The standard InChI is InChI=1S/C35H29ClN4O5/c1-2-13-44-35(43)45-31-17-30-32(25-9-5-4-8-24(25)31)22(18-36)19-40(30)34(42)29-16-21-14-23(11-12-27(21)39-29)37-33(41)28-15-20-7-3-6-10-26(20)38-28/h3-12,14-17,22,38-39H,2,13,18-19H2,1H3,(H,37,41). The van der Waals surface area contributed by atoms with E-state index in [1.54, 1.807) is 23.1 Å². The first-order valence-corrected chi connectivity index (χ1v) is 15.3. The van der Waals surface area contributed by atoms with Crippen LogP contribution in [0.25, 0.3) is 32.6 Å². The molecular weight excluding hydrogens is 592 g/mol. The predicted molar refractivity (Wildman–Crippen MR) is 176 cm³/mol. The van der Waals surface area contributed by atoms with Crippen LogP contribution in [0.5, 0.6) is 5.75 Å². The van der Waals surface area contributed by atoms with Crippen molar-refractivity contribution in [1.82, 2.24) is 9.97 Å². The second-order valence-corrected chi connectivity index (χ2v) is 11.3. The number of hydrogen-bond acceptors (Lipinski definition) is 5. The quantitative estimate of drug-likeness (QED) is 0.0951. The number of aromatic amines is 2. The Morgan fingerprint density at radius 1 is 0.889 bits per heavy atom. The highest BCUT2D eigenvalue weighted by Gasteiger charge is 2.36. The molecule has 2 aromatic heterocycles. The third kappa shape index (κ3) is 5.25. The Morgan fingerprint density at radius 2 is 1.62 bits per heavy atom. The average Bonchev–Trinajstić information content (AvgIpc) is 3.78. The molecule has 4 aromatic carbocycles.